The fourth-order valence-corrected chi connectivity index (χ4v) is 3.42. The number of piperidine rings is 1. The first-order valence-corrected chi connectivity index (χ1v) is 9.26. The smallest absolute Gasteiger partial charge is 0.226 e. The molecule has 0 unspecified atom stereocenters. The Labute approximate surface area is 150 Å². The number of halogens is 1. The molecule has 1 fully saturated rings. The molecule has 2 aromatic rings. The van der Waals surface area contributed by atoms with Crippen molar-refractivity contribution in [1.82, 2.24) is 15.6 Å². The van der Waals surface area contributed by atoms with Crippen LogP contribution in [0.5, 0.6) is 5.75 Å². The highest BCUT2D eigenvalue weighted by Crippen LogP contribution is 2.18. The number of hydrogen-bond acceptors (Lipinski definition) is 5. The predicted octanol–water partition coefficient (Wildman–Crippen LogP) is 2.79. The van der Waals surface area contributed by atoms with Gasteiger partial charge in [-0.1, -0.05) is 11.6 Å². The fourth-order valence-electron chi connectivity index (χ4n) is 2.59. The summed E-state index contributed by atoms with van der Waals surface area (Å²) in [6.07, 6.45) is 2.46. The molecule has 7 heteroatoms. The molecule has 128 valence electrons. The number of carbonyl (C=O) groups is 1. The van der Waals surface area contributed by atoms with E-state index in [0.717, 1.165) is 42.4 Å². The van der Waals surface area contributed by atoms with Crippen molar-refractivity contribution in [3.05, 3.63) is 45.4 Å². The summed E-state index contributed by atoms with van der Waals surface area (Å²) >= 11 is 7.35. The molecule has 1 saturated heterocycles. The first-order valence-electron chi connectivity index (χ1n) is 8.01. The summed E-state index contributed by atoms with van der Waals surface area (Å²) in [5, 5.41) is 9.80. The largest absolute Gasteiger partial charge is 0.486 e. The van der Waals surface area contributed by atoms with E-state index in [9.17, 15) is 4.79 Å². The lowest BCUT2D eigenvalue weighted by atomic mass is 10.1. The Morgan fingerprint density at radius 2 is 2.25 bits per heavy atom. The Hall–Kier alpha value is -1.63. The monoisotopic (exact) mass is 365 g/mol. The van der Waals surface area contributed by atoms with Crippen LogP contribution in [-0.2, 0) is 17.8 Å². The van der Waals surface area contributed by atoms with Crippen molar-refractivity contribution in [3.63, 3.8) is 0 Å². The maximum Gasteiger partial charge on any atom is 0.226 e. The van der Waals surface area contributed by atoms with Crippen LogP contribution in [0, 0.1) is 0 Å². The normalized spacial score (nSPS) is 17.5. The third-order valence-corrected chi connectivity index (χ3v) is 4.90. The van der Waals surface area contributed by atoms with Gasteiger partial charge in [-0.05, 0) is 43.7 Å². The van der Waals surface area contributed by atoms with E-state index < -0.39 is 0 Å². The Morgan fingerprint density at radius 3 is 3.00 bits per heavy atom. The molecule has 0 radical (unpaired) electrons. The van der Waals surface area contributed by atoms with Crippen LogP contribution < -0.4 is 15.4 Å². The Kier molecular flexibility index (Phi) is 6.07. The Bertz CT molecular complexity index is 669. The van der Waals surface area contributed by atoms with Gasteiger partial charge in [-0.15, -0.1) is 11.3 Å². The number of amides is 1. The number of carbonyl (C=O) groups excluding carboxylic acids is 1. The van der Waals surface area contributed by atoms with Crippen LogP contribution >= 0.6 is 22.9 Å². The van der Waals surface area contributed by atoms with Crippen molar-refractivity contribution in [3.8, 4) is 5.75 Å². The van der Waals surface area contributed by atoms with Crippen LogP contribution in [0.3, 0.4) is 0 Å². The molecule has 5 nitrogen and oxygen atoms in total. The van der Waals surface area contributed by atoms with Crippen molar-refractivity contribution in [2.45, 2.75) is 31.9 Å². The number of ether oxygens (including phenoxy) is 1. The molecule has 24 heavy (non-hydrogen) atoms. The minimum absolute atomic E-state index is 0.0270. The SMILES string of the molecule is O=C(Cc1csc(COc2ccc(Cl)cc2)n1)N[C@H]1CCCNC1. The predicted molar refractivity (Wildman–Crippen MR) is 95.6 cm³/mol. The highest BCUT2D eigenvalue weighted by atomic mass is 35.5. The Morgan fingerprint density at radius 1 is 1.42 bits per heavy atom. The number of nitrogens with zero attached hydrogens (tertiary/aromatic N) is 1. The van der Waals surface area contributed by atoms with Gasteiger partial charge in [0.1, 0.15) is 17.4 Å². The van der Waals surface area contributed by atoms with Crippen LogP contribution in [0.25, 0.3) is 0 Å². The summed E-state index contributed by atoms with van der Waals surface area (Å²) in [5.41, 5.74) is 0.788. The molecule has 0 saturated carbocycles. The van der Waals surface area contributed by atoms with E-state index in [4.69, 9.17) is 16.3 Å². The molecule has 1 aromatic carbocycles. The molecule has 0 aliphatic carbocycles. The van der Waals surface area contributed by atoms with Gasteiger partial charge in [0.05, 0.1) is 12.1 Å². The van der Waals surface area contributed by atoms with Crippen molar-refractivity contribution < 1.29 is 9.53 Å². The Balaban J connectivity index is 1.46. The van der Waals surface area contributed by atoms with Crippen molar-refractivity contribution in [2.24, 2.45) is 0 Å². The van der Waals surface area contributed by atoms with Gasteiger partial charge < -0.3 is 15.4 Å². The first-order chi connectivity index (χ1) is 11.7. The number of rotatable bonds is 6. The highest BCUT2D eigenvalue weighted by molar-refractivity contribution is 7.09. The molecule has 2 N–H and O–H groups in total. The summed E-state index contributed by atoms with van der Waals surface area (Å²) in [6.45, 7) is 2.28. The molecule has 1 atom stereocenters. The van der Waals surface area contributed by atoms with E-state index >= 15 is 0 Å². The first kappa shape index (κ1) is 17.2. The van der Waals surface area contributed by atoms with Gasteiger partial charge in [-0.3, -0.25) is 4.79 Å². The van der Waals surface area contributed by atoms with Crippen molar-refractivity contribution in [1.29, 1.82) is 0 Å². The average molecular weight is 366 g/mol. The third-order valence-electron chi connectivity index (χ3n) is 3.78. The maximum absolute atomic E-state index is 12.1. The minimum atomic E-state index is 0.0270. The maximum atomic E-state index is 12.1. The van der Waals surface area contributed by atoms with E-state index in [1.165, 1.54) is 11.3 Å². The zero-order valence-electron chi connectivity index (χ0n) is 13.3. The number of benzene rings is 1. The summed E-state index contributed by atoms with van der Waals surface area (Å²) in [7, 11) is 0. The lowest BCUT2D eigenvalue weighted by molar-refractivity contribution is -0.121. The zero-order chi connectivity index (χ0) is 16.8. The van der Waals surface area contributed by atoms with Gasteiger partial charge in [0.15, 0.2) is 0 Å². The third kappa shape index (κ3) is 5.19. The van der Waals surface area contributed by atoms with E-state index in [1.807, 2.05) is 17.5 Å². The van der Waals surface area contributed by atoms with Crippen molar-refractivity contribution >= 4 is 28.8 Å². The van der Waals surface area contributed by atoms with Crippen LogP contribution in [-0.4, -0.2) is 30.0 Å². The molecule has 0 spiro atoms. The van der Waals surface area contributed by atoms with E-state index in [2.05, 4.69) is 15.6 Å². The second-order valence-electron chi connectivity index (χ2n) is 5.76. The zero-order valence-corrected chi connectivity index (χ0v) is 14.8. The average Bonchev–Trinajstić information content (AvgIpc) is 3.02. The van der Waals surface area contributed by atoms with Gasteiger partial charge in [-0.2, -0.15) is 0 Å². The van der Waals surface area contributed by atoms with Gasteiger partial charge in [-0.25, -0.2) is 4.98 Å². The molecular formula is C17H20ClN3O2S. The lowest BCUT2D eigenvalue weighted by Gasteiger charge is -2.23. The van der Waals surface area contributed by atoms with Gasteiger partial charge >= 0.3 is 0 Å². The molecule has 0 bridgehead atoms. The van der Waals surface area contributed by atoms with Crippen LogP contribution in [0.2, 0.25) is 5.02 Å². The molecule has 2 heterocycles. The lowest BCUT2D eigenvalue weighted by Crippen LogP contribution is -2.46. The quantitative estimate of drug-likeness (QED) is 0.826. The van der Waals surface area contributed by atoms with E-state index in [1.54, 1.807) is 12.1 Å². The molecule has 1 aliphatic heterocycles. The summed E-state index contributed by atoms with van der Waals surface area (Å²) in [6, 6.07) is 7.45. The summed E-state index contributed by atoms with van der Waals surface area (Å²) in [5.74, 6) is 0.776. The summed E-state index contributed by atoms with van der Waals surface area (Å²) in [4.78, 5) is 16.6. The topological polar surface area (TPSA) is 63.2 Å². The van der Waals surface area contributed by atoms with E-state index in [0.29, 0.717) is 18.1 Å². The summed E-state index contributed by atoms with van der Waals surface area (Å²) < 4.78 is 5.67. The molecule has 3 rings (SSSR count). The second kappa shape index (κ2) is 8.46. The molecular weight excluding hydrogens is 346 g/mol. The number of nitrogens with one attached hydrogen (secondary N) is 2. The van der Waals surface area contributed by atoms with Gasteiger partial charge in [0, 0.05) is 23.0 Å². The van der Waals surface area contributed by atoms with E-state index in [-0.39, 0.29) is 11.9 Å². The van der Waals surface area contributed by atoms with Crippen LogP contribution in [0.1, 0.15) is 23.5 Å². The number of aromatic nitrogens is 1. The second-order valence-corrected chi connectivity index (χ2v) is 7.14. The number of hydrogen-bond donors (Lipinski definition) is 2. The molecule has 1 aliphatic rings. The highest BCUT2D eigenvalue weighted by Gasteiger charge is 2.16. The van der Waals surface area contributed by atoms with Gasteiger partial charge in [0.2, 0.25) is 5.91 Å². The molecule has 1 amide bonds. The van der Waals surface area contributed by atoms with Gasteiger partial charge in [0.25, 0.3) is 0 Å². The molecule has 1 aromatic heterocycles. The standard InChI is InChI=1S/C17H20ClN3O2S/c18-12-3-5-15(6-4-12)23-10-17-21-14(11-24-17)8-16(22)20-13-2-1-7-19-9-13/h3-6,11,13,19H,1-2,7-10H2,(H,20,22)/t13-/m0/s1. The number of thiazole rings is 1. The van der Waals surface area contributed by atoms with Crippen molar-refractivity contribution in [2.75, 3.05) is 13.1 Å². The van der Waals surface area contributed by atoms with Crippen LogP contribution in [0.15, 0.2) is 29.6 Å². The fraction of sp³-hybridized carbons (Fsp3) is 0.412. The van der Waals surface area contributed by atoms with Crippen LogP contribution in [0.4, 0.5) is 0 Å². The minimum Gasteiger partial charge on any atom is -0.486 e.